The molecule has 1 aromatic carbocycles. The first-order chi connectivity index (χ1) is 8.71. The number of hydrogen-bond donors (Lipinski definition) is 2. The van der Waals surface area contributed by atoms with E-state index in [1.165, 1.54) is 21.7 Å². The molecule has 1 aromatic heterocycles. The van der Waals surface area contributed by atoms with Gasteiger partial charge in [-0.25, -0.2) is 0 Å². The van der Waals surface area contributed by atoms with Gasteiger partial charge in [0.2, 0.25) is 0 Å². The number of rotatable bonds is 3. The summed E-state index contributed by atoms with van der Waals surface area (Å²) in [7, 11) is 1.95. The average molecular weight is 262 g/mol. The summed E-state index contributed by atoms with van der Waals surface area (Å²) in [5.41, 5.74) is 8.80. The molecule has 0 atom stereocenters. The van der Waals surface area contributed by atoms with Crippen LogP contribution in [0, 0.1) is 6.92 Å². The third kappa shape index (κ3) is 4.51. The zero-order chi connectivity index (χ0) is 13.4. The van der Waals surface area contributed by atoms with Gasteiger partial charge >= 0.3 is 0 Å². The van der Waals surface area contributed by atoms with E-state index in [9.17, 15) is 0 Å². The van der Waals surface area contributed by atoms with Gasteiger partial charge in [0.15, 0.2) is 0 Å². The molecule has 2 nitrogen and oxygen atoms in total. The van der Waals surface area contributed by atoms with E-state index in [-0.39, 0.29) is 0 Å². The lowest BCUT2D eigenvalue weighted by Gasteiger charge is -2.04. The second kappa shape index (κ2) is 7.90. The van der Waals surface area contributed by atoms with Crippen LogP contribution in [0.3, 0.4) is 0 Å². The van der Waals surface area contributed by atoms with Gasteiger partial charge in [-0.1, -0.05) is 19.1 Å². The van der Waals surface area contributed by atoms with E-state index in [2.05, 4.69) is 48.0 Å². The standard InChI is InChI=1S/C13H15NS.C2H7N/c1-10-6-7-15-13(10)9-11-4-3-5-12(8-11)14-2;1-2-3/h3-8,14H,9H2,1-2H3;2-3H2,1H3. The predicted octanol–water partition coefficient (Wildman–Crippen LogP) is 3.65. The van der Waals surface area contributed by atoms with Crippen molar-refractivity contribution < 1.29 is 0 Å². The molecule has 0 spiro atoms. The molecule has 0 bridgehead atoms. The first kappa shape index (κ1) is 14.7. The largest absolute Gasteiger partial charge is 0.388 e. The van der Waals surface area contributed by atoms with Crippen molar-refractivity contribution in [1.29, 1.82) is 0 Å². The molecule has 2 aromatic rings. The van der Waals surface area contributed by atoms with Crippen LogP contribution in [0.4, 0.5) is 5.69 Å². The van der Waals surface area contributed by atoms with Crippen LogP contribution in [0.5, 0.6) is 0 Å². The van der Waals surface area contributed by atoms with Gasteiger partial charge in [0, 0.05) is 24.0 Å². The van der Waals surface area contributed by atoms with Gasteiger partial charge < -0.3 is 11.1 Å². The molecule has 0 fully saturated rings. The Kier molecular flexibility index (Phi) is 6.47. The molecule has 0 aliphatic heterocycles. The minimum atomic E-state index is 0.750. The first-order valence-corrected chi connectivity index (χ1v) is 7.09. The van der Waals surface area contributed by atoms with E-state index in [0.717, 1.165) is 13.0 Å². The number of hydrogen-bond acceptors (Lipinski definition) is 3. The van der Waals surface area contributed by atoms with E-state index < -0.39 is 0 Å². The molecular weight excluding hydrogens is 240 g/mol. The second-order valence-corrected chi connectivity index (χ2v) is 5.06. The summed E-state index contributed by atoms with van der Waals surface area (Å²) in [5.74, 6) is 0. The fourth-order valence-corrected chi connectivity index (χ4v) is 2.55. The van der Waals surface area contributed by atoms with E-state index in [4.69, 9.17) is 5.73 Å². The van der Waals surface area contributed by atoms with Gasteiger partial charge in [0.05, 0.1) is 0 Å². The Labute approximate surface area is 114 Å². The van der Waals surface area contributed by atoms with Crippen LogP contribution in [-0.2, 0) is 6.42 Å². The molecule has 98 valence electrons. The van der Waals surface area contributed by atoms with Crippen molar-refractivity contribution in [1.82, 2.24) is 0 Å². The zero-order valence-electron chi connectivity index (χ0n) is 11.4. The molecule has 1 heterocycles. The van der Waals surface area contributed by atoms with Crippen LogP contribution >= 0.6 is 11.3 Å². The van der Waals surface area contributed by atoms with E-state index in [1.54, 1.807) is 0 Å². The molecule has 0 amide bonds. The van der Waals surface area contributed by atoms with Crippen LogP contribution in [0.1, 0.15) is 22.9 Å². The summed E-state index contributed by atoms with van der Waals surface area (Å²) in [5, 5.41) is 5.32. The zero-order valence-corrected chi connectivity index (χ0v) is 12.2. The maximum atomic E-state index is 4.85. The van der Waals surface area contributed by atoms with E-state index >= 15 is 0 Å². The monoisotopic (exact) mass is 262 g/mol. The molecule has 0 aliphatic carbocycles. The number of aryl methyl sites for hydroxylation is 1. The first-order valence-electron chi connectivity index (χ1n) is 6.21. The molecule has 3 heteroatoms. The smallest absolute Gasteiger partial charge is 0.0340 e. The van der Waals surface area contributed by atoms with Gasteiger partial charge in [0.25, 0.3) is 0 Å². The predicted molar refractivity (Wildman–Crippen MR) is 82.6 cm³/mol. The van der Waals surface area contributed by atoms with Crippen LogP contribution in [-0.4, -0.2) is 13.6 Å². The van der Waals surface area contributed by atoms with Crippen LogP contribution in [0.2, 0.25) is 0 Å². The number of nitrogens with two attached hydrogens (primary N) is 1. The molecule has 0 saturated carbocycles. The fraction of sp³-hybridized carbons (Fsp3) is 0.333. The highest BCUT2D eigenvalue weighted by Crippen LogP contribution is 2.21. The summed E-state index contributed by atoms with van der Waals surface area (Å²) in [6, 6.07) is 10.8. The van der Waals surface area contributed by atoms with Crippen molar-refractivity contribution in [2.45, 2.75) is 20.3 Å². The Morgan fingerprint density at radius 1 is 1.28 bits per heavy atom. The van der Waals surface area contributed by atoms with Gasteiger partial charge in [0.1, 0.15) is 0 Å². The summed E-state index contributed by atoms with van der Waals surface area (Å²) >= 11 is 1.84. The highest BCUT2D eigenvalue weighted by molar-refractivity contribution is 7.10. The van der Waals surface area contributed by atoms with Gasteiger partial charge in [-0.15, -0.1) is 11.3 Å². The van der Waals surface area contributed by atoms with Crippen molar-refractivity contribution in [2.75, 3.05) is 18.9 Å². The normalized spacial score (nSPS) is 9.56. The summed E-state index contributed by atoms with van der Waals surface area (Å²) in [4.78, 5) is 1.46. The molecule has 3 N–H and O–H groups in total. The number of nitrogens with one attached hydrogen (secondary N) is 1. The van der Waals surface area contributed by atoms with Crippen LogP contribution < -0.4 is 11.1 Å². The molecular formula is C15H22N2S. The Hall–Kier alpha value is -1.32. The van der Waals surface area contributed by atoms with Crippen molar-refractivity contribution >= 4 is 17.0 Å². The van der Waals surface area contributed by atoms with Crippen LogP contribution in [0.25, 0.3) is 0 Å². The Bertz CT molecular complexity index is 463. The highest BCUT2D eigenvalue weighted by atomic mass is 32.1. The number of anilines is 1. The summed E-state index contributed by atoms with van der Waals surface area (Å²) in [6.45, 7) is 4.83. The molecule has 18 heavy (non-hydrogen) atoms. The minimum absolute atomic E-state index is 0.750. The van der Waals surface area contributed by atoms with Crippen LogP contribution in [0.15, 0.2) is 35.7 Å². The summed E-state index contributed by atoms with van der Waals surface area (Å²) < 4.78 is 0. The lowest BCUT2D eigenvalue weighted by atomic mass is 10.1. The molecule has 0 saturated heterocycles. The van der Waals surface area contributed by atoms with E-state index in [0.29, 0.717) is 0 Å². The fourth-order valence-electron chi connectivity index (χ4n) is 1.61. The Morgan fingerprint density at radius 3 is 2.56 bits per heavy atom. The molecule has 0 unspecified atom stereocenters. The Morgan fingerprint density at radius 2 is 2.00 bits per heavy atom. The third-order valence-corrected chi connectivity index (χ3v) is 3.57. The SMILES string of the molecule is CCN.CNc1cccc(Cc2sccc2C)c1. The van der Waals surface area contributed by atoms with Crippen molar-refractivity contribution in [3.05, 3.63) is 51.7 Å². The maximum absolute atomic E-state index is 4.85. The average Bonchev–Trinajstić information content (AvgIpc) is 2.76. The minimum Gasteiger partial charge on any atom is -0.388 e. The highest BCUT2D eigenvalue weighted by Gasteiger charge is 2.01. The van der Waals surface area contributed by atoms with E-state index in [1.807, 2.05) is 25.3 Å². The van der Waals surface area contributed by atoms with Gasteiger partial charge in [-0.05, 0) is 48.2 Å². The summed E-state index contributed by atoms with van der Waals surface area (Å²) in [6.07, 6.45) is 1.04. The number of benzene rings is 1. The molecule has 2 rings (SSSR count). The van der Waals surface area contributed by atoms with Crippen molar-refractivity contribution in [3.63, 3.8) is 0 Å². The lowest BCUT2D eigenvalue weighted by molar-refractivity contribution is 1.14. The maximum Gasteiger partial charge on any atom is 0.0340 e. The van der Waals surface area contributed by atoms with Gasteiger partial charge in [-0.2, -0.15) is 0 Å². The topological polar surface area (TPSA) is 38.0 Å². The van der Waals surface area contributed by atoms with Gasteiger partial charge in [-0.3, -0.25) is 0 Å². The lowest BCUT2D eigenvalue weighted by Crippen LogP contribution is -1.91. The third-order valence-electron chi connectivity index (χ3n) is 2.55. The molecule has 0 aliphatic rings. The quantitative estimate of drug-likeness (QED) is 0.886. The number of thiophene rings is 1. The van der Waals surface area contributed by atoms with Crippen molar-refractivity contribution in [3.8, 4) is 0 Å². The molecule has 0 radical (unpaired) electrons. The second-order valence-electron chi connectivity index (χ2n) is 4.06. The Balaban J connectivity index is 0.000000492. The van der Waals surface area contributed by atoms with Crippen molar-refractivity contribution in [2.24, 2.45) is 5.73 Å².